The molecule has 10 nitrogen and oxygen atoms in total. The minimum Gasteiger partial charge on any atom is -0.346 e. The highest BCUT2D eigenvalue weighted by Gasteiger charge is 2.33. The van der Waals surface area contributed by atoms with Crippen molar-refractivity contribution in [2.45, 2.75) is 38.8 Å². The van der Waals surface area contributed by atoms with Crippen molar-refractivity contribution < 1.29 is 27.2 Å². The average Bonchev–Trinajstić information content (AvgIpc) is 3.59. The van der Waals surface area contributed by atoms with Gasteiger partial charge in [0.15, 0.2) is 15.7 Å². The van der Waals surface area contributed by atoms with Gasteiger partial charge in [0, 0.05) is 22.4 Å². The van der Waals surface area contributed by atoms with Crippen LogP contribution in [0.15, 0.2) is 42.5 Å². The fourth-order valence-corrected chi connectivity index (χ4v) is 7.65. The number of imidazole rings is 1. The Balaban J connectivity index is 1.61. The van der Waals surface area contributed by atoms with Crippen LogP contribution in [0.3, 0.4) is 0 Å². The van der Waals surface area contributed by atoms with Crippen LogP contribution in [0.2, 0.25) is 5.02 Å². The zero-order valence-electron chi connectivity index (χ0n) is 22.0. The lowest BCUT2D eigenvalue weighted by atomic mass is 9.96. The number of nitrogens with zero attached hydrogens (tertiary/aromatic N) is 3. The number of Topliss-reactive ketones (excluding diaryl/α,β-unsaturated/α-hetero) is 1. The number of benzene rings is 2. The summed E-state index contributed by atoms with van der Waals surface area (Å²) >= 11 is 7.57. The van der Waals surface area contributed by atoms with Crippen molar-refractivity contribution in [2.75, 3.05) is 16.8 Å². The molecule has 0 bridgehead atoms. The number of nitrogens with one attached hydrogen (secondary N) is 2. The molecule has 2 aromatic carbocycles. The van der Waals surface area contributed by atoms with Gasteiger partial charge < -0.3 is 15.2 Å². The van der Waals surface area contributed by atoms with E-state index in [9.17, 15) is 27.2 Å². The highest BCUT2D eigenvalue weighted by atomic mass is 35.5. The Morgan fingerprint density at radius 1 is 1.20 bits per heavy atom. The summed E-state index contributed by atoms with van der Waals surface area (Å²) in [6.45, 7) is 2.72. The molecule has 14 heteroatoms. The van der Waals surface area contributed by atoms with Gasteiger partial charge in [0.25, 0.3) is 11.8 Å². The number of carbonyl (C=O) groups is 3. The predicted octanol–water partition coefficient (Wildman–Crippen LogP) is 4.20. The molecule has 1 aliphatic heterocycles. The number of hydrogen-bond acceptors (Lipinski definition) is 8. The first-order valence-corrected chi connectivity index (χ1v) is 15.6. The van der Waals surface area contributed by atoms with E-state index in [0.29, 0.717) is 10.9 Å². The summed E-state index contributed by atoms with van der Waals surface area (Å²) in [5.41, 5.74) is 0.737. The van der Waals surface area contributed by atoms with E-state index in [1.54, 1.807) is 19.1 Å². The first-order valence-electron chi connectivity index (χ1n) is 12.7. The molecule has 0 spiro atoms. The second-order valence-corrected chi connectivity index (χ2v) is 13.3. The highest BCUT2D eigenvalue weighted by molar-refractivity contribution is 7.91. The summed E-state index contributed by atoms with van der Waals surface area (Å²) in [6.07, 6.45) is 0.240. The van der Waals surface area contributed by atoms with Gasteiger partial charge in [-0.1, -0.05) is 36.7 Å². The summed E-state index contributed by atoms with van der Waals surface area (Å²) in [7, 11) is -3.28. The third kappa shape index (κ3) is 6.02. The third-order valence-corrected chi connectivity index (χ3v) is 9.76. The zero-order valence-corrected chi connectivity index (χ0v) is 24.4. The van der Waals surface area contributed by atoms with Gasteiger partial charge in [-0.15, -0.1) is 0 Å². The van der Waals surface area contributed by atoms with E-state index in [-0.39, 0.29) is 58.3 Å². The number of halogens is 2. The third-order valence-electron chi connectivity index (χ3n) is 6.82. The molecule has 2 atom stereocenters. The zero-order chi connectivity index (χ0) is 29.5. The van der Waals surface area contributed by atoms with Gasteiger partial charge in [-0.25, -0.2) is 17.8 Å². The SMILES string of the molecule is CC(=O)Cn1c(C(=O)N[C@@H]2CCS(=O)(=O)C2)nc(NC(=O)c2nsc3ccccc23)c1[C@@H](C)c1cc(F)ccc1Cl. The van der Waals surface area contributed by atoms with Crippen molar-refractivity contribution in [3.05, 3.63) is 76.1 Å². The fourth-order valence-electron chi connectivity index (χ4n) is 4.92. The van der Waals surface area contributed by atoms with Gasteiger partial charge in [-0.3, -0.25) is 14.4 Å². The standard InChI is InChI=1S/C27H25ClFN5O5S2/c1-14(35)12-34-23(15(2)19-11-16(29)7-8-20(19)28)24(31-25(34)27(37)30-17-9-10-41(38,39)13-17)32-26(36)22-18-5-3-4-6-21(18)40-33-22/h3-8,11,15,17H,9-10,12-13H2,1-2H3,(H,30,37)(H,32,36)/t15-,17+/m0/s1. The van der Waals surface area contributed by atoms with E-state index in [1.165, 1.54) is 29.7 Å². The van der Waals surface area contributed by atoms with Crippen LogP contribution in [0.4, 0.5) is 10.2 Å². The Hall–Kier alpha value is -3.68. The number of carbonyl (C=O) groups excluding carboxylic acids is 3. The van der Waals surface area contributed by atoms with Crippen molar-refractivity contribution in [1.29, 1.82) is 0 Å². The molecule has 1 fully saturated rings. The van der Waals surface area contributed by atoms with Gasteiger partial charge in [-0.2, -0.15) is 4.37 Å². The number of amides is 2. The molecule has 1 aliphatic rings. The minimum atomic E-state index is -3.28. The van der Waals surface area contributed by atoms with E-state index < -0.39 is 39.4 Å². The number of fused-ring (bicyclic) bond motifs is 1. The number of sulfone groups is 1. The van der Waals surface area contributed by atoms with Crippen molar-refractivity contribution in [1.82, 2.24) is 19.2 Å². The second-order valence-electron chi connectivity index (χ2n) is 9.90. The molecule has 2 amide bonds. The number of aromatic nitrogens is 3. The smallest absolute Gasteiger partial charge is 0.287 e. The maximum atomic E-state index is 14.3. The lowest BCUT2D eigenvalue weighted by Crippen LogP contribution is -2.37. The van der Waals surface area contributed by atoms with E-state index >= 15 is 0 Å². The fraction of sp³-hybridized carbons (Fsp3) is 0.296. The van der Waals surface area contributed by atoms with Crippen LogP contribution in [-0.2, 0) is 21.2 Å². The number of ketones is 1. The van der Waals surface area contributed by atoms with Crippen LogP contribution in [0.25, 0.3) is 10.1 Å². The molecule has 5 rings (SSSR count). The summed E-state index contributed by atoms with van der Waals surface area (Å²) in [5, 5.41) is 6.28. The van der Waals surface area contributed by atoms with Gasteiger partial charge >= 0.3 is 0 Å². The Morgan fingerprint density at radius 3 is 2.66 bits per heavy atom. The van der Waals surface area contributed by atoms with Crippen molar-refractivity contribution in [3.63, 3.8) is 0 Å². The lowest BCUT2D eigenvalue weighted by Gasteiger charge is -2.19. The Bertz CT molecular complexity index is 1800. The molecule has 3 heterocycles. The van der Waals surface area contributed by atoms with Crippen molar-refractivity contribution in [3.8, 4) is 0 Å². The molecule has 2 aromatic heterocycles. The Morgan fingerprint density at radius 2 is 1.95 bits per heavy atom. The summed E-state index contributed by atoms with van der Waals surface area (Å²) in [4.78, 5) is 43.7. The normalized spacial score (nSPS) is 16.9. The van der Waals surface area contributed by atoms with Gasteiger partial charge in [0.1, 0.15) is 17.3 Å². The van der Waals surface area contributed by atoms with Crippen LogP contribution in [0, 0.1) is 5.82 Å². The van der Waals surface area contributed by atoms with Crippen molar-refractivity contribution >= 4 is 66.5 Å². The monoisotopic (exact) mass is 617 g/mol. The maximum Gasteiger partial charge on any atom is 0.287 e. The molecule has 2 N–H and O–H groups in total. The number of rotatable bonds is 8. The molecule has 4 aromatic rings. The molecule has 0 aliphatic carbocycles. The number of hydrogen-bond donors (Lipinski definition) is 2. The molecular weight excluding hydrogens is 593 g/mol. The van der Waals surface area contributed by atoms with Crippen LogP contribution in [0.1, 0.15) is 58.6 Å². The van der Waals surface area contributed by atoms with Crippen LogP contribution >= 0.6 is 23.1 Å². The highest BCUT2D eigenvalue weighted by Crippen LogP contribution is 2.36. The second kappa shape index (κ2) is 11.3. The van der Waals surface area contributed by atoms with E-state index in [2.05, 4.69) is 20.0 Å². The first-order chi connectivity index (χ1) is 19.4. The van der Waals surface area contributed by atoms with Gasteiger partial charge in [-0.05, 0) is 54.7 Å². The summed E-state index contributed by atoms with van der Waals surface area (Å²) in [6, 6.07) is 10.4. The van der Waals surface area contributed by atoms with Crippen molar-refractivity contribution in [2.24, 2.45) is 0 Å². The molecule has 0 radical (unpaired) electrons. The first kappa shape index (κ1) is 28.8. The summed E-state index contributed by atoms with van der Waals surface area (Å²) in [5.74, 6) is -3.42. The van der Waals surface area contributed by atoms with E-state index in [1.807, 2.05) is 12.1 Å². The predicted molar refractivity (Wildman–Crippen MR) is 154 cm³/mol. The van der Waals surface area contributed by atoms with E-state index in [0.717, 1.165) is 16.2 Å². The van der Waals surface area contributed by atoms with Gasteiger partial charge in [0.2, 0.25) is 5.82 Å². The lowest BCUT2D eigenvalue weighted by molar-refractivity contribution is -0.117. The molecule has 0 saturated carbocycles. The Labute approximate surface area is 244 Å². The molecule has 0 unspecified atom stereocenters. The number of anilines is 1. The molecule has 1 saturated heterocycles. The Kier molecular flexibility index (Phi) is 7.95. The topological polar surface area (TPSA) is 140 Å². The van der Waals surface area contributed by atoms with Crippen LogP contribution < -0.4 is 10.6 Å². The van der Waals surface area contributed by atoms with Crippen LogP contribution in [0.5, 0.6) is 0 Å². The van der Waals surface area contributed by atoms with Crippen LogP contribution in [-0.4, -0.2) is 57.5 Å². The molecule has 214 valence electrons. The molecular formula is C27H25ClFN5O5S2. The minimum absolute atomic E-state index is 0.0367. The molecule has 41 heavy (non-hydrogen) atoms. The maximum absolute atomic E-state index is 14.3. The summed E-state index contributed by atoms with van der Waals surface area (Å²) < 4.78 is 44.6. The van der Waals surface area contributed by atoms with Gasteiger partial charge in [0.05, 0.1) is 28.4 Å². The average molecular weight is 618 g/mol. The largest absolute Gasteiger partial charge is 0.346 e. The quantitative estimate of drug-likeness (QED) is 0.302. The van der Waals surface area contributed by atoms with E-state index in [4.69, 9.17) is 11.6 Å².